The van der Waals surface area contributed by atoms with Gasteiger partial charge in [0.25, 0.3) is 5.91 Å². The van der Waals surface area contributed by atoms with Gasteiger partial charge in [-0.25, -0.2) is 0 Å². The molecule has 7 heteroatoms. The molecule has 2 heterocycles. The predicted molar refractivity (Wildman–Crippen MR) is 119 cm³/mol. The Hall–Kier alpha value is -2.80. The number of hydrogen-bond donors (Lipinski definition) is 1. The molecule has 2 aliphatic heterocycles. The second-order valence-corrected chi connectivity index (χ2v) is 8.83. The van der Waals surface area contributed by atoms with Crippen LogP contribution in [-0.4, -0.2) is 48.0 Å². The summed E-state index contributed by atoms with van der Waals surface area (Å²) in [6.45, 7) is 5.40. The number of amides is 3. The van der Waals surface area contributed by atoms with E-state index >= 15 is 0 Å². The molecule has 1 N–H and O–H groups in total. The van der Waals surface area contributed by atoms with Gasteiger partial charge in [-0.05, 0) is 56.5 Å². The highest BCUT2D eigenvalue weighted by atomic mass is 32.2. The van der Waals surface area contributed by atoms with Crippen LogP contribution in [0.3, 0.4) is 0 Å². The van der Waals surface area contributed by atoms with Gasteiger partial charge in [0.2, 0.25) is 11.8 Å². The van der Waals surface area contributed by atoms with Gasteiger partial charge < -0.3 is 15.1 Å². The number of fused-ring (bicyclic) bond motifs is 1. The lowest BCUT2D eigenvalue weighted by Gasteiger charge is -2.29. The van der Waals surface area contributed by atoms with E-state index < -0.39 is 0 Å². The van der Waals surface area contributed by atoms with E-state index in [9.17, 15) is 14.4 Å². The number of likely N-dealkylation sites (tertiary alicyclic amines) is 1. The number of carbonyl (C=O) groups excluding carboxylic acids is 3. The largest absolute Gasteiger partial charge is 0.339 e. The van der Waals surface area contributed by atoms with Gasteiger partial charge in [-0.15, -0.1) is 11.8 Å². The third-order valence-corrected chi connectivity index (χ3v) is 6.55. The number of anilines is 2. The van der Waals surface area contributed by atoms with Crippen LogP contribution in [0.25, 0.3) is 0 Å². The summed E-state index contributed by atoms with van der Waals surface area (Å²) >= 11 is 1.44. The third kappa shape index (κ3) is 4.21. The Balaban J connectivity index is 1.55. The van der Waals surface area contributed by atoms with Gasteiger partial charge in [0.15, 0.2) is 0 Å². The molecule has 0 saturated carbocycles. The molecule has 1 saturated heterocycles. The number of thioether (sulfide) groups is 1. The van der Waals surface area contributed by atoms with Gasteiger partial charge in [-0.1, -0.05) is 17.7 Å². The quantitative estimate of drug-likeness (QED) is 0.816. The van der Waals surface area contributed by atoms with Crippen LogP contribution in [0.5, 0.6) is 0 Å². The Morgan fingerprint density at radius 2 is 1.83 bits per heavy atom. The fourth-order valence-corrected chi connectivity index (χ4v) is 4.81. The molecule has 0 aromatic heterocycles. The number of carbonyl (C=O) groups is 3. The lowest BCUT2D eigenvalue weighted by atomic mass is 10.1. The summed E-state index contributed by atoms with van der Waals surface area (Å²) in [5.74, 6) is -0.125. The van der Waals surface area contributed by atoms with Gasteiger partial charge in [-0.3, -0.25) is 14.4 Å². The number of nitrogens with zero attached hydrogens (tertiary/aromatic N) is 2. The Labute approximate surface area is 180 Å². The zero-order chi connectivity index (χ0) is 21.3. The Bertz CT molecular complexity index is 1010. The summed E-state index contributed by atoms with van der Waals surface area (Å²) < 4.78 is 0. The van der Waals surface area contributed by atoms with Crippen molar-refractivity contribution in [3.63, 3.8) is 0 Å². The van der Waals surface area contributed by atoms with Gasteiger partial charge in [0, 0.05) is 29.2 Å². The van der Waals surface area contributed by atoms with Gasteiger partial charge >= 0.3 is 0 Å². The second kappa shape index (κ2) is 8.52. The molecule has 156 valence electrons. The van der Waals surface area contributed by atoms with Crippen molar-refractivity contribution in [1.29, 1.82) is 0 Å². The van der Waals surface area contributed by atoms with Gasteiger partial charge in [0.05, 0.1) is 11.4 Å². The summed E-state index contributed by atoms with van der Waals surface area (Å²) in [6, 6.07) is 11.3. The molecule has 2 aliphatic rings. The lowest BCUT2D eigenvalue weighted by Crippen LogP contribution is -2.41. The summed E-state index contributed by atoms with van der Waals surface area (Å²) in [6.07, 6.45) is 2.05. The van der Waals surface area contributed by atoms with E-state index in [1.54, 1.807) is 6.07 Å². The average molecular weight is 424 g/mol. The zero-order valence-corrected chi connectivity index (χ0v) is 18.1. The Kier molecular flexibility index (Phi) is 5.81. The van der Waals surface area contributed by atoms with E-state index in [0.29, 0.717) is 11.3 Å². The number of benzene rings is 2. The zero-order valence-electron chi connectivity index (χ0n) is 17.2. The first-order chi connectivity index (χ1) is 14.4. The van der Waals surface area contributed by atoms with E-state index in [1.807, 2.05) is 49.1 Å². The summed E-state index contributed by atoms with van der Waals surface area (Å²) in [5, 5.41) is 2.90. The van der Waals surface area contributed by atoms with Crippen molar-refractivity contribution in [2.45, 2.75) is 31.6 Å². The highest BCUT2D eigenvalue weighted by Crippen LogP contribution is 2.36. The van der Waals surface area contributed by atoms with E-state index in [0.717, 1.165) is 47.6 Å². The minimum absolute atomic E-state index is 0.0157. The van der Waals surface area contributed by atoms with E-state index in [-0.39, 0.29) is 30.0 Å². The normalized spacial score (nSPS) is 15.9. The lowest BCUT2D eigenvalue weighted by molar-refractivity contribution is -0.120. The molecule has 0 radical (unpaired) electrons. The number of rotatable bonds is 4. The van der Waals surface area contributed by atoms with Gasteiger partial charge in [-0.2, -0.15) is 0 Å². The van der Waals surface area contributed by atoms with Crippen molar-refractivity contribution in [2.24, 2.45) is 0 Å². The van der Waals surface area contributed by atoms with Crippen LogP contribution in [0, 0.1) is 13.8 Å². The standard InChI is InChI=1S/C23H25N3O3S/c1-15-5-7-18(16(2)11-15)24-21(27)13-26-19-12-17(23(29)25-9-3-4-10-25)6-8-20(19)30-14-22(26)28/h5-8,11-12H,3-4,9-10,13-14H2,1-2H3,(H,24,27). The fourth-order valence-electron chi connectivity index (χ4n) is 3.90. The van der Waals surface area contributed by atoms with Crippen molar-refractivity contribution < 1.29 is 14.4 Å². The van der Waals surface area contributed by atoms with Crippen LogP contribution >= 0.6 is 11.8 Å². The fraction of sp³-hybridized carbons (Fsp3) is 0.348. The average Bonchev–Trinajstić information content (AvgIpc) is 3.26. The van der Waals surface area contributed by atoms with Crippen molar-refractivity contribution in [1.82, 2.24) is 4.90 Å². The molecule has 0 bridgehead atoms. The topological polar surface area (TPSA) is 69.7 Å². The second-order valence-electron chi connectivity index (χ2n) is 7.82. The SMILES string of the molecule is Cc1ccc(NC(=O)CN2C(=O)CSc3ccc(C(=O)N4CCCC4)cc32)c(C)c1. The maximum atomic E-state index is 12.8. The number of nitrogens with one attached hydrogen (secondary N) is 1. The minimum atomic E-state index is -0.260. The highest BCUT2D eigenvalue weighted by molar-refractivity contribution is 8.00. The van der Waals surface area contributed by atoms with Crippen LogP contribution in [0.2, 0.25) is 0 Å². The van der Waals surface area contributed by atoms with E-state index in [2.05, 4.69) is 5.32 Å². The summed E-state index contributed by atoms with van der Waals surface area (Å²) in [5.41, 5.74) is 4.03. The minimum Gasteiger partial charge on any atom is -0.339 e. The van der Waals surface area contributed by atoms with Crippen molar-refractivity contribution in [3.05, 3.63) is 53.1 Å². The van der Waals surface area contributed by atoms with Crippen LogP contribution in [0.15, 0.2) is 41.3 Å². The summed E-state index contributed by atoms with van der Waals surface area (Å²) in [7, 11) is 0. The van der Waals surface area contributed by atoms with Crippen LogP contribution < -0.4 is 10.2 Å². The molecule has 1 fully saturated rings. The maximum absolute atomic E-state index is 12.8. The molecular formula is C23H25N3O3S. The third-order valence-electron chi connectivity index (χ3n) is 5.50. The molecule has 2 aromatic rings. The molecule has 0 unspecified atom stereocenters. The molecular weight excluding hydrogens is 398 g/mol. The molecule has 0 aliphatic carbocycles. The van der Waals surface area contributed by atoms with Crippen LogP contribution in [-0.2, 0) is 9.59 Å². The van der Waals surface area contributed by atoms with Crippen LogP contribution in [0.1, 0.15) is 34.3 Å². The molecule has 0 atom stereocenters. The molecule has 0 spiro atoms. The first kappa shape index (κ1) is 20.5. The molecule has 4 rings (SSSR count). The van der Waals surface area contributed by atoms with Crippen molar-refractivity contribution in [2.75, 3.05) is 35.6 Å². The smallest absolute Gasteiger partial charge is 0.253 e. The molecule has 3 amide bonds. The monoisotopic (exact) mass is 423 g/mol. The van der Waals surface area contributed by atoms with Crippen molar-refractivity contribution >= 4 is 40.9 Å². The number of aryl methyl sites for hydroxylation is 2. The van der Waals surface area contributed by atoms with E-state index in [4.69, 9.17) is 0 Å². The molecule has 6 nitrogen and oxygen atoms in total. The Morgan fingerprint density at radius 3 is 2.57 bits per heavy atom. The first-order valence-corrected chi connectivity index (χ1v) is 11.1. The van der Waals surface area contributed by atoms with Crippen molar-refractivity contribution in [3.8, 4) is 0 Å². The maximum Gasteiger partial charge on any atom is 0.253 e. The molecule has 30 heavy (non-hydrogen) atoms. The van der Waals surface area contributed by atoms with Crippen LogP contribution in [0.4, 0.5) is 11.4 Å². The van der Waals surface area contributed by atoms with E-state index in [1.165, 1.54) is 16.7 Å². The van der Waals surface area contributed by atoms with Gasteiger partial charge in [0.1, 0.15) is 6.54 Å². The number of hydrogen-bond acceptors (Lipinski definition) is 4. The molecule has 2 aromatic carbocycles. The first-order valence-electron chi connectivity index (χ1n) is 10.2. The highest BCUT2D eigenvalue weighted by Gasteiger charge is 2.29. The summed E-state index contributed by atoms with van der Waals surface area (Å²) in [4.78, 5) is 42.4. The predicted octanol–water partition coefficient (Wildman–Crippen LogP) is 3.62. The Morgan fingerprint density at radius 1 is 1.07 bits per heavy atom.